The van der Waals surface area contributed by atoms with E-state index in [0.29, 0.717) is 0 Å². The van der Waals surface area contributed by atoms with Crippen molar-refractivity contribution in [1.29, 1.82) is 0 Å². The molecule has 0 atom stereocenters. The number of hydrogen-bond acceptors (Lipinski definition) is 1. The minimum Gasteiger partial charge on any atom is -0.299 e. The number of likely N-dealkylation sites (tertiary alicyclic amines) is 1. The summed E-state index contributed by atoms with van der Waals surface area (Å²) in [7, 11) is 0. The highest BCUT2D eigenvalue weighted by Gasteiger charge is 2.12. The third-order valence-corrected chi connectivity index (χ3v) is 2.20. The highest BCUT2D eigenvalue weighted by atomic mass is 79.9. The molecule has 0 N–H and O–H groups in total. The quantitative estimate of drug-likeness (QED) is 0.751. The predicted octanol–water partition coefficient (Wildman–Crippen LogP) is 2.47. The standard InChI is InChI=1S/C10H13N.BrH/c1-2-5-10(6-3-1)9-11-7-4-8-11;/h1-3,5-6H,4,7-9H2;1H. The Labute approximate surface area is 84.2 Å². The lowest BCUT2D eigenvalue weighted by atomic mass is 10.1. The average Bonchev–Trinajstić information content (AvgIpc) is 1.99. The summed E-state index contributed by atoms with van der Waals surface area (Å²) in [6.07, 6.45) is 1.38. The minimum atomic E-state index is 0. The minimum absolute atomic E-state index is 0. The molecule has 1 heterocycles. The van der Waals surface area contributed by atoms with E-state index in [0.717, 1.165) is 6.54 Å². The van der Waals surface area contributed by atoms with Crippen molar-refractivity contribution in [3.63, 3.8) is 0 Å². The molecule has 0 amide bonds. The zero-order valence-electron chi connectivity index (χ0n) is 7.07. The molecular weight excluding hydrogens is 214 g/mol. The molecule has 12 heavy (non-hydrogen) atoms. The first-order chi connectivity index (χ1) is 5.45. The van der Waals surface area contributed by atoms with Gasteiger partial charge in [0.15, 0.2) is 0 Å². The van der Waals surface area contributed by atoms with Gasteiger partial charge in [-0.15, -0.1) is 17.0 Å². The van der Waals surface area contributed by atoms with Crippen LogP contribution >= 0.6 is 17.0 Å². The first kappa shape index (κ1) is 9.75. The van der Waals surface area contributed by atoms with E-state index >= 15 is 0 Å². The Morgan fingerprint density at radius 2 is 1.75 bits per heavy atom. The van der Waals surface area contributed by atoms with Crippen LogP contribution < -0.4 is 0 Å². The molecule has 0 bridgehead atoms. The summed E-state index contributed by atoms with van der Waals surface area (Å²) in [4.78, 5) is 2.47. The maximum absolute atomic E-state index is 2.47. The molecule has 2 rings (SSSR count). The summed E-state index contributed by atoms with van der Waals surface area (Å²) >= 11 is 0. The molecule has 1 nitrogen and oxygen atoms in total. The third-order valence-electron chi connectivity index (χ3n) is 2.20. The van der Waals surface area contributed by atoms with Gasteiger partial charge in [-0.05, 0) is 25.1 Å². The van der Waals surface area contributed by atoms with E-state index < -0.39 is 0 Å². The molecule has 0 saturated carbocycles. The number of rotatable bonds is 2. The van der Waals surface area contributed by atoms with Crippen LogP contribution in [-0.4, -0.2) is 18.0 Å². The lowest BCUT2D eigenvalue weighted by Crippen LogP contribution is -2.36. The molecule has 0 aromatic heterocycles. The van der Waals surface area contributed by atoms with E-state index in [2.05, 4.69) is 35.2 Å². The first-order valence-corrected chi connectivity index (χ1v) is 4.21. The van der Waals surface area contributed by atoms with Gasteiger partial charge in [0, 0.05) is 6.54 Å². The molecule has 0 unspecified atom stereocenters. The maximum atomic E-state index is 2.47. The van der Waals surface area contributed by atoms with E-state index in [1.54, 1.807) is 0 Å². The van der Waals surface area contributed by atoms with E-state index in [-0.39, 0.29) is 17.0 Å². The molecule has 1 aliphatic rings. The molecule has 1 saturated heterocycles. The van der Waals surface area contributed by atoms with E-state index in [9.17, 15) is 0 Å². The lowest BCUT2D eigenvalue weighted by Gasteiger charge is -2.30. The van der Waals surface area contributed by atoms with E-state index in [1.165, 1.54) is 25.1 Å². The van der Waals surface area contributed by atoms with Crippen LogP contribution in [0.2, 0.25) is 0 Å². The molecule has 1 aromatic carbocycles. The Hall–Kier alpha value is -0.340. The van der Waals surface area contributed by atoms with E-state index in [4.69, 9.17) is 0 Å². The Bertz CT molecular complexity index is 219. The van der Waals surface area contributed by atoms with Gasteiger partial charge in [-0.25, -0.2) is 0 Å². The number of halogens is 1. The highest BCUT2D eigenvalue weighted by molar-refractivity contribution is 8.93. The molecule has 1 aliphatic heterocycles. The fraction of sp³-hybridized carbons (Fsp3) is 0.400. The summed E-state index contributed by atoms with van der Waals surface area (Å²) in [5.41, 5.74) is 1.44. The van der Waals surface area contributed by atoms with Gasteiger partial charge in [0.05, 0.1) is 0 Å². The molecule has 0 radical (unpaired) electrons. The maximum Gasteiger partial charge on any atom is 0.0233 e. The highest BCUT2D eigenvalue weighted by Crippen LogP contribution is 2.11. The molecule has 66 valence electrons. The zero-order valence-corrected chi connectivity index (χ0v) is 8.78. The van der Waals surface area contributed by atoms with Gasteiger partial charge in [0.25, 0.3) is 0 Å². The van der Waals surface area contributed by atoms with Gasteiger partial charge in [0.2, 0.25) is 0 Å². The van der Waals surface area contributed by atoms with Crippen LogP contribution in [-0.2, 0) is 6.54 Å². The Morgan fingerprint density at radius 1 is 1.08 bits per heavy atom. The van der Waals surface area contributed by atoms with Gasteiger partial charge in [-0.3, -0.25) is 4.90 Å². The van der Waals surface area contributed by atoms with Crippen molar-refractivity contribution < 1.29 is 0 Å². The topological polar surface area (TPSA) is 3.24 Å². The van der Waals surface area contributed by atoms with Crippen molar-refractivity contribution in [1.82, 2.24) is 4.90 Å². The largest absolute Gasteiger partial charge is 0.299 e. The second-order valence-electron chi connectivity index (χ2n) is 3.12. The van der Waals surface area contributed by atoms with Crippen LogP contribution in [0.3, 0.4) is 0 Å². The molecule has 0 aliphatic carbocycles. The molecule has 2 heteroatoms. The van der Waals surface area contributed by atoms with Crippen molar-refractivity contribution in [3.05, 3.63) is 35.9 Å². The van der Waals surface area contributed by atoms with Crippen LogP contribution in [0, 0.1) is 0 Å². The molecule has 1 aromatic rings. The van der Waals surface area contributed by atoms with Crippen LogP contribution in [0.15, 0.2) is 30.3 Å². The van der Waals surface area contributed by atoms with Gasteiger partial charge in [0.1, 0.15) is 0 Å². The summed E-state index contributed by atoms with van der Waals surface area (Å²) in [6.45, 7) is 3.71. The first-order valence-electron chi connectivity index (χ1n) is 4.21. The second-order valence-corrected chi connectivity index (χ2v) is 3.12. The number of hydrogen-bond donors (Lipinski definition) is 0. The lowest BCUT2D eigenvalue weighted by molar-refractivity contribution is 0.172. The molecule has 0 spiro atoms. The fourth-order valence-corrected chi connectivity index (χ4v) is 1.38. The predicted molar refractivity (Wildman–Crippen MR) is 56.7 cm³/mol. The second kappa shape index (κ2) is 4.63. The summed E-state index contributed by atoms with van der Waals surface area (Å²) in [6, 6.07) is 10.7. The Balaban J connectivity index is 0.000000720. The third kappa shape index (κ3) is 2.32. The molecular formula is C10H14BrN. The van der Waals surface area contributed by atoms with Crippen LogP contribution in [0.25, 0.3) is 0 Å². The van der Waals surface area contributed by atoms with Crippen molar-refractivity contribution in [3.8, 4) is 0 Å². The normalized spacial score (nSPS) is 16.3. The summed E-state index contributed by atoms with van der Waals surface area (Å²) in [5.74, 6) is 0. The summed E-state index contributed by atoms with van der Waals surface area (Å²) < 4.78 is 0. The van der Waals surface area contributed by atoms with E-state index in [1.807, 2.05) is 0 Å². The van der Waals surface area contributed by atoms with Gasteiger partial charge in [-0.2, -0.15) is 0 Å². The molecule has 1 fully saturated rings. The van der Waals surface area contributed by atoms with Crippen molar-refractivity contribution >= 4 is 17.0 Å². The van der Waals surface area contributed by atoms with Gasteiger partial charge >= 0.3 is 0 Å². The zero-order chi connectivity index (χ0) is 7.52. The number of nitrogens with zero attached hydrogens (tertiary/aromatic N) is 1. The van der Waals surface area contributed by atoms with Crippen LogP contribution in [0.4, 0.5) is 0 Å². The van der Waals surface area contributed by atoms with Gasteiger partial charge in [-0.1, -0.05) is 30.3 Å². The van der Waals surface area contributed by atoms with Crippen molar-refractivity contribution in [2.45, 2.75) is 13.0 Å². The Kier molecular flexibility index (Phi) is 3.76. The average molecular weight is 228 g/mol. The van der Waals surface area contributed by atoms with Crippen LogP contribution in [0.1, 0.15) is 12.0 Å². The van der Waals surface area contributed by atoms with Crippen molar-refractivity contribution in [2.75, 3.05) is 13.1 Å². The Morgan fingerprint density at radius 3 is 2.25 bits per heavy atom. The summed E-state index contributed by atoms with van der Waals surface area (Å²) in [5, 5.41) is 0. The number of benzene rings is 1. The SMILES string of the molecule is Br.c1ccc(CN2CCC2)cc1. The smallest absolute Gasteiger partial charge is 0.0233 e. The fourth-order valence-electron chi connectivity index (χ4n) is 1.38. The van der Waals surface area contributed by atoms with Crippen molar-refractivity contribution in [2.24, 2.45) is 0 Å². The van der Waals surface area contributed by atoms with Gasteiger partial charge < -0.3 is 0 Å². The monoisotopic (exact) mass is 227 g/mol. The van der Waals surface area contributed by atoms with Crippen LogP contribution in [0.5, 0.6) is 0 Å².